The van der Waals surface area contributed by atoms with Gasteiger partial charge in [-0.3, -0.25) is 0 Å². The fourth-order valence-corrected chi connectivity index (χ4v) is 7.23. The van der Waals surface area contributed by atoms with Crippen LogP contribution in [0.25, 0.3) is 0 Å². The molecule has 0 spiro atoms. The van der Waals surface area contributed by atoms with E-state index in [2.05, 4.69) is 30.3 Å². The molecule has 2 aliphatic rings. The molecule has 0 radical (unpaired) electrons. The van der Waals surface area contributed by atoms with Crippen LogP contribution in [0.4, 0.5) is 0 Å². The average Bonchev–Trinajstić information content (AvgIpc) is 2.84. The van der Waals surface area contributed by atoms with Crippen LogP contribution in [0.5, 0.6) is 0 Å². The number of hydrogen-bond acceptors (Lipinski definition) is 0. The van der Waals surface area contributed by atoms with Gasteiger partial charge in [0.15, 0.2) is 0 Å². The summed E-state index contributed by atoms with van der Waals surface area (Å²) in [6, 6.07) is 11.7. The second-order valence-corrected chi connectivity index (χ2v) is 9.81. The second kappa shape index (κ2) is 9.96. The Balaban J connectivity index is 1.89. The lowest BCUT2D eigenvalue weighted by Crippen LogP contribution is -2.37. The van der Waals surface area contributed by atoms with Gasteiger partial charge in [-0.2, -0.15) is 0 Å². The van der Waals surface area contributed by atoms with E-state index in [-0.39, 0.29) is 0 Å². The van der Waals surface area contributed by atoms with E-state index in [1.54, 1.807) is 5.56 Å². The van der Waals surface area contributed by atoms with Gasteiger partial charge in [-0.05, 0) is 43.1 Å². The lowest BCUT2D eigenvalue weighted by Gasteiger charge is -2.42. The van der Waals surface area contributed by atoms with Gasteiger partial charge in [-0.1, -0.05) is 94.5 Å². The van der Waals surface area contributed by atoms with Gasteiger partial charge in [0.2, 0.25) is 0 Å². The Kier molecular flexibility index (Phi) is 7.65. The molecule has 0 amide bonds. The highest BCUT2D eigenvalue weighted by atomic mass is 31.1. The van der Waals surface area contributed by atoms with Gasteiger partial charge in [0.05, 0.1) is 0 Å². The summed E-state index contributed by atoms with van der Waals surface area (Å²) in [6.45, 7) is 0. The molecule has 1 aliphatic heterocycles. The maximum absolute atomic E-state index is 2.47. The summed E-state index contributed by atoms with van der Waals surface area (Å²) in [4.78, 5) is 0. The Morgan fingerprint density at radius 1 is 0.667 bits per heavy atom. The van der Waals surface area contributed by atoms with Gasteiger partial charge in [0.1, 0.15) is 0 Å². The minimum atomic E-state index is 0.494. The second-order valence-electron chi connectivity index (χ2n) is 8.21. The molecule has 2 fully saturated rings. The van der Waals surface area contributed by atoms with Crippen LogP contribution >= 0.6 is 8.58 Å². The third-order valence-corrected chi connectivity index (χ3v) is 8.55. The van der Waals surface area contributed by atoms with E-state index in [1.165, 1.54) is 105 Å². The summed E-state index contributed by atoms with van der Waals surface area (Å²) in [6.07, 6.45) is 22.1. The molecule has 134 valence electrons. The summed E-state index contributed by atoms with van der Waals surface area (Å²) in [5, 5.41) is 0. The molecule has 3 rings (SSSR count). The van der Waals surface area contributed by atoms with Gasteiger partial charge in [-0.15, -0.1) is 8.58 Å². The number of benzene rings is 1. The first-order valence-electron chi connectivity index (χ1n) is 10.7. The van der Waals surface area contributed by atoms with Crippen molar-refractivity contribution in [2.45, 2.75) is 101 Å². The first kappa shape index (κ1) is 18.4. The summed E-state index contributed by atoms with van der Waals surface area (Å²) in [5.41, 5.74) is 3.13. The molecule has 1 saturated heterocycles. The largest absolute Gasteiger partial charge is 0.118 e. The fraction of sp³-hybridized carbons (Fsp3) is 0.739. The molecule has 24 heavy (non-hydrogen) atoms. The Bertz CT molecular complexity index is 432. The Labute approximate surface area is 152 Å². The molecule has 1 aliphatic carbocycles. The minimum Gasteiger partial charge on any atom is -0.118 e. The van der Waals surface area contributed by atoms with E-state index in [4.69, 9.17) is 0 Å². The van der Waals surface area contributed by atoms with E-state index >= 15 is 0 Å². The third kappa shape index (κ3) is 4.85. The van der Waals surface area contributed by atoms with Crippen LogP contribution < -0.4 is 0 Å². The van der Waals surface area contributed by atoms with Crippen molar-refractivity contribution >= 4 is 8.58 Å². The first-order valence-corrected chi connectivity index (χ1v) is 12.0. The highest BCUT2D eigenvalue weighted by Crippen LogP contribution is 2.49. The molecular formula is C23H37P. The smallest absolute Gasteiger partial charge is 0.00181 e. The van der Waals surface area contributed by atoms with Crippen LogP contribution in [-0.2, 0) is 5.41 Å². The predicted molar refractivity (Wildman–Crippen MR) is 110 cm³/mol. The molecule has 1 aromatic rings. The van der Waals surface area contributed by atoms with Crippen molar-refractivity contribution in [2.24, 2.45) is 0 Å². The Morgan fingerprint density at radius 2 is 1.25 bits per heavy atom. The van der Waals surface area contributed by atoms with Crippen molar-refractivity contribution in [3.63, 3.8) is 0 Å². The number of rotatable bonds is 2. The van der Waals surface area contributed by atoms with Crippen LogP contribution in [-0.4, -0.2) is 11.8 Å². The monoisotopic (exact) mass is 344 g/mol. The van der Waals surface area contributed by atoms with Crippen molar-refractivity contribution in [3.8, 4) is 0 Å². The van der Waals surface area contributed by atoms with E-state index < -0.39 is 0 Å². The average molecular weight is 345 g/mol. The Hall–Kier alpha value is -0.350. The zero-order chi connectivity index (χ0) is 16.5. The normalized spacial score (nSPS) is 27.9. The first-order chi connectivity index (χ1) is 11.9. The van der Waals surface area contributed by atoms with Crippen molar-refractivity contribution in [3.05, 3.63) is 35.9 Å². The van der Waals surface area contributed by atoms with Gasteiger partial charge in [0, 0.05) is 5.41 Å². The van der Waals surface area contributed by atoms with Gasteiger partial charge in [-0.25, -0.2) is 0 Å². The maximum atomic E-state index is 2.47. The van der Waals surface area contributed by atoms with Crippen LogP contribution in [0.15, 0.2) is 30.3 Å². The zero-order valence-corrected chi connectivity index (χ0v) is 16.6. The third-order valence-electron chi connectivity index (χ3n) is 6.57. The van der Waals surface area contributed by atoms with Crippen LogP contribution in [0, 0.1) is 0 Å². The Morgan fingerprint density at radius 3 is 1.96 bits per heavy atom. The predicted octanol–water partition coefficient (Wildman–Crippen LogP) is 7.46. The van der Waals surface area contributed by atoms with E-state index in [0.29, 0.717) is 5.41 Å². The summed E-state index contributed by atoms with van der Waals surface area (Å²) >= 11 is 0. The van der Waals surface area contributed by atoms with E-state index in [9.17, 15) is 0 Å². The topological polar surface area (TPSA) is 0 Å². The molecule has 0 N–H and O–H groups in total. The molecule has 0 aromatic heterocycles. The highest BCUT2D eigenvalue weighted by molar-refractivity contribution is 7.39. The fourth-order valence-electron chi connectivity index (χ4n) is 5.18. The molecule has 0 bridgehead atoms. The van der Waals surface area contributed by atoms with Crippen LogP contribution in [0.3, 0.4) is 0 Å². The van der Waals surface area contributed by atoms with Gasteiger partial charge >= 0.3 is 0 Å². The van der Waals surface area contributed by atoms with Crippen LogP contribution in [0.2, 0.25) is 0 Å². The van der Waals surface area contributed by atoms with Gasteiger partial charge in [0.25, 0.3) is 0 Å². The molecule has 2 unspecified atom stereocenters. The highest BCUT2D eigenvalue weighted by Gasteiger charge is 2.39. The zero-order valence-electron chi connectivity index (χ0n) is 15.6. The van der Waals surface area contributed by atoms with Crippen LogP contribution in [0.1, 0.15) is 95.5 Å². The molecule has 0 nitrogen and oxygen atoms in total. The maximum Gasteiger partial charge on any atom is 0.00181 e. The summed E-state index contributed by atoms with van der Waals surface area (Å²) < 4.78 is 0. The quantitative estimate of drug-likeness (QED) is 0.488. The molecule has 1 heterocycles. The standard InChI is InChI=1S/C23H37P/c1-2-6-13-19-23(18-12-5-1,21-15-9-8-10-16-21)22-17-11-4-3-7-14-20-24-22/h8-10,15-16,22,24H,1-7,11-14,17-20H2. The lowest BCUT2D eigenvalue weighted by molar-refractivity contribution is 0.319. The molecular weight excluding hydrogens is 307 g/mol. The van der Waals surface area contributed by atoms with Crippen molar-refractivity contribution < 1.29 is 0 Å². The van der Waals surface area contributed by atoms with E-state index in [0.717, 1.165) is 5.66 Å². The molecule has 1 saturated carbocycles. The molecule has 1 heteroatoms. The summed E-state index contributed by atoms with van der Waals surface area (Å²) in [7, 11) is 1.20. The molecule has 1 aromatic carbocycles. The number of hydrogen-bond donors (Lipinski definition) is 0. The van der Waals surface area contributed by atoms with Gasteiger partial charge < -0.3 is 0 Å². The van der Waals surface area contributed by atoms with E-state index in [1.807, 2.05) is 0 Å². The van der Waals surface area contributed by atoms with Crippen molar-refractivity contribution in [1.82, 2.24) is 0 Å². The lowest BCUT2D eigenvalue weighted by atomic mass is 9.69. The minimum absolute atomic E-state index is 0.494. The van der Waals surface area contributed by atoms with Crippen molar-refractivity contribution in [1.29, 1.82) is 0 Å². The van der Waals surface area contributed by atoms with Crippen molar-refractivity contribution in [2.75, 3.05) is 6.16 Å². The SMILES string of the molecule is c1ccc(C2(C3CCCCCCCP3)CCCCCCCC2)cc1. The molecule has 2 atom stereocenters. The summed E-state index contributed by atoms with van der Waals surface area (Å²) in [5.74, 6) is 0.